The second-order valence-electron chi connectivity index (χ2n) is 3.13. The molecule has 0 N–H and O–H groups in total. The average molecular weight is 104 g/mol. The fourth-order valence-electron chi connectivity index (χ4n) is 2.32. The number of allylic oxidation sites excluding steroid dienone is 4. The van der Waals surface area contributed by atoms with Crippen LogP contribution in [-0.4, -0.2) is 0 Å². The second-order valence-corrected chi connectivity index (χ2v) is 3.13. The van der Waals surface area contributed by atoms with Gasteiger partial charge in [0.15, 0.2) is 0 Å². The van der Waals surface area contributed by atoms with Crippen LogP contribution in [-0.2, 0) is 0 Å². The summed E-state index contributed by atoms with van der Waals surface area (Å²) < 4.78 is 0. The molecule has 4 aliphatic carbocycles. The summed E-state index contributed by atoms with van der Waals surface area (Å²) in [6, 6.07) is 0. The minimum absolute atomic E-state index is 0.912. The van der Waals surface area contributed by atoms with E-state index in [2.05, 4.69) is 12.2 Å². The van der Waals surface area contributed by atoms with Crippen molar-refractivity contribution in [3.8, 4) is 0 Å². The van der Waals surface area contributed by atoms with E-state index in [1.54, 1.807) is 11.1 Å². The molecule has 4 aliphatic rings. The van der Waals surface area contributed by atoms with E-state index in [0.29, 0.717) is 0 Å². The lowest BCUT2D eigenvalue weighted by molar-refractivity contribution is 0.673. The number of hydrogen-bond acceptors (Lipinski definition) is 0. The third-order valence-corrected chi connectivity index (χ3v) is 2.71. The Morgan fingerprint density at radius 2 is 2.50 bits per heavy atom. The third kappa shape index (κ3) is 0.199. The Hall–Kier alpha value is -0.520. The normalized spacial score (nSPS) is 46.0. The van der Waals surface area contributed by atoms with Crippen LogP contribution in [0, 0.1) is 11.8 Å². The molecule has 0 saturated heterocycles. The highest BCUT2D eigenvalue weighted by atomic mass is 14.4. The first-order valence-corrected chi connectivity index (χ1v) is 3.36. The van der Waals surface area contributed by atoms with Crippen LogP contribution in [0.1, 0.15) is 12.8 Å². The van der Waals surface area contributed by atoms with Gasteiger partial charge in [-0.2, -0.15) is 0 Å². The van der Waals surface area contributed by atoms with Crippen molar-refractivity contribution in [1.29, 1.82) is 0 Å². The zero-order valence-electron chi connectivity index (χ0n) is 4.72. The van der Waals surface area contributed by atoms with E-state index in [4.69, 9.17) is 0 Å². The van der Waals surface area contributed by atoms with E-state index in [9.17, 15) is 0 Å². The van der Waals surface area contributed by atoms with Crippen LogP contribution in [0.2, 0.25) is 0 Å². The van der Waals surface area contributed by atoms with Crippen LogP contribution >= 0.6 is 0 Å². The highest BCUT2D eigenvalue weighted by Gasteiger charge is 2.40. The van der Waals surface area contributed by atoms with E-state index in [1.807, 2.05) is 0 Å². The van der Waals surface area contributed by atoms with Gasteiger partial charge < -0.3 is 0 Å². The molecule has 4 bridgehead atoms. The average Bonchev–Trinajstić information content (AvgIpc) is 2.21. The molecule has 0 nitrogen and oxygen atoms in total. The molecule has 0 aliphatic heterocycles. The molecule has 4 rings (SSSR count). The Morgan fingerprint density at radius 3 is 2.62 bits per heavy atom. The Kier molecular flexibility index (Phi) is 0.355. The van der Waals surface area contributed by atoms with Gasteiger partial charge in [0.05, 0.1) is 0 Å². The van der Waals surface area contributed by atoms with Gasteiger partial charge in [-0.15, -0.1) is 0 Å². The number of rotatable bonds is 0. The zero-order chi connectivity index (χ0) is 5.14. The SMILES string of the molecule is C1=C2CC3CC2C=C13. The molecule has 0 spiro atoms. The Labute approximate surface area is 48.9 Å². The standard InChI is InChI=1S/C8H8/c1-5-2-7-4-8(5)3-6(1)7/h1-2,6,8H,3-4H2. The van der Waals surface area contributed by atoms with Crippen LogP contribution in [0.25, 0.3) is 0 Å². The van der Waals surface area contributed by atoms with Crippen molar-refractivity contribution < 1.29 is 0 Å². The summed E-state index contributed by atoms with van der Waals surface area (Å²) in [5.41, 5.74) is 3.38. The van der Waals surface area contributed by atoms with Gasteiger partial charge in [0, 0.05) is 0 Å². The van der Waals surface area contributed by atoms with E-state index in [-0.39, 0.29) is 0 Å². The first-order valence-electron chi connectivity index (χ1n) is 3.36. The Bertz CT molecular complexity index is 208. The van der Waals surface area contributed by atoms with Crippen molar-refractivity contribution in [2.75, 3.05) is 0 Å². The van der Waals surface area contributed by atoms with Gasteiger partial charge in [-0.05, 0) is 30.3 Å². The highest BCUT2D eigenvalue weighted by molar-refractivity contribution is 5.49. The van der Waals surface area contributed by atoms with Crippen molar-refractivity contribution in [1.82, 2.24) is 0 Å². The van der Waals surface area contributed by atoms with Crippen molar-refractivity contribution in [3.05, 3.63) is 23.3 Å². The van der Waals surface area contributed by atoms with Crippen LogP contribution in [0.5, 0.6) is 0 Å². The lowest BCUT2D eigenvalue weighted by atomic mass is 10.1. The molecule has 8 heavy (non-hydrogen) atoms. The Balaban J connectivity index is 2.37. The molecule has 0 heterocycles. The van der Waals surface area contributed by atoms with Crippen LogP contribution in [0.4, 0.5) is 0 Å². The minimum atomic E-state index is 0.912. The molecule has 0 aromatic rings. The Morgan fingerprint density at radius 1 is 1.50 bits per heavy atom. The molecule has 2 atom stereocenters. The van der Waals surface area contributed by atoms with Gasteiger partial charge in [-0.3, -0.25) is 0 Å². The smallest absolute Gasteiger partial charge is 0.000799 e. The van der Waals surface area contributed by atoms with Gasteiger partial charge in [-0.1, -0.05) is 17.7 Å². The fraction of sp³-hybridized carbons (Fsp3) is 0.500. The number of hydrogen-bond donors (Lipinski definition) is 0. The first-order chi connectivity index (χ1) is 3.93. The van der Waals surface area contributed by atoms with Crippen molar-refractivity contribution in [2.24, 2.45) is 11.8 Å². The van der Waals surface area contributed by atoms with Gasteiger partial charge in [0.2, 0.25) is 0 Å². The predicted molar refractivity (Wildman–Crippen MR) is 32.4 cm³/mol. The lowest BCUT2D eigenvalue weighted by Gasteiger charge is -1.97. The molecule has 1 fully saturated rings. The maximum Gasteiger partial charge on any atom is -0.000799 e. The minimum Gasteiger partial charge on any atom is -0.0738 e. The summed E-state index contributed by atoms with van der Waals surface area (Å²) in [5.74, 6) is 1.89. The van der Waals surface area contributed by atoms with Gasteiger partial charge >= 0.3 is 0 Å². The first kappa shape index (κ1) is 3.49. The van der Waals surface area contributed by atoms with E-state index in [1.165, 1.54) is 12.8 Å². The second kappa shape index (κ2) is 0.812. The molecule has 2 unspecified atom stereocenters. The van der Waals surface area contributed by atoms with E-state index in [0.717, 1.165) is 11.8 Å². The molecular weight excluding hydrogens is 96.1 g/mol. The molecule has 40 valence electrons. The largest absolute Gasteiger partial charge is 0.0738 e. The molecule has 0 aromatic carbocycles. The van der Waals surface area contributed by atoms with Gasteiger partial charge in [0.25, 0.3) is 0 Å². The summed E-state index contributed by atoms with van der Waals surface area (Å²) >= 11 is 0. The van der Waals surface area contributed by atoms with Gasteiger partial charge in [0.1, 0.15) is 0 Å². The lowest BCUT2D eigenvalue weighted by Crippen LogP contribution is -1.86. The summed E-state index contributed by atoms with van der Waals surface area (Å²) in [7, 11) is 0. The molecule has 0 aromatic heterocycles. The maximum absolute atomic E-state index is 2.45. The molecular formula is C8H8. The summed E-state index contributed by atoms with van der Waals surface area (Å²) in [5, 5.41) is 0. The molecule has 0 radical (unpaired) electrons. The van der Waals surface area contributed by atoms with E-state index >= 15 is 0 Å². The topological polar surface area (TPSA) is 0 Å². The third-order valence-electron chi connectivity index (χ3n) is 2.71. The summed E-state index contributed by atoms with van der Waals surface area (Å²) in [6.07, 6.45) is 7.72. The molecule has 0 amide bonds. The van der Waals surface area contributed by atoms with Crippen LogP contribution < -0.4 is 0 Å². The van der Waals surface area contributed by atoms with Crippen molar-refractivity contribution in [2.45, 2.75) is 12.8 Å². The monoisotopic (exact) mass is 104 g/mol. The van der Waals surface area contributed by atoms with Crippen LogP contribution in [0.15, 0.2) is 23.3 Å². The van der Waals surface area contributed by atoms with Gasteiger partial charge in [-0.25, -0.2) is 0 Å². The zero-order valence-corrected chi connectivity index (χ0v) is 4.72. The quantitative estimate of drug-likeness (QED) is 0.440. The maximum atomic E-state index is 2.45. The highest BCUT2D eigenvalue weighted by Crippen LogP contribution is 2.54. The summed E-state index contributed by atoms with van der Waals surface area (Å²) in [4.78, 5) is 0. The van der Waals surface area contributed by atoms with E-state index < -0.39 is 0 Å². The van der Waals surface area contributed by atoms with Crippen LogP contribution in [0.3, 0.4) is 0 Å². The summed E-state index contributed by atoms with van der Waals surface area (Å²) in [6.45, 7) is 0. The fourth-order valence-corrected chi connectivity index (χ4v) is 2.32. The predicted octanol–water partition coefficient (Wildman–Crippen LogP) is 1.89. The van der Waals surface area contributed by atoms with Crippen molar-refractivity contribution >= 4 is 0 Å². The molecule has 0 heteroatoms. The molecule has 1 saturated carbocycles. The van der Waals surface area contributed by atoms with Crippen molar-refractivity contribution in [3.63, 3.8) is 0 Å².